The van der Waals surface area contributed by atoms with Crippen LogP contribution in [0, 0.1) is 27.2 Å². The van der Waals surface area contributed by atoms with Gasteiger partial charge in [0.05, 0.1) is 15.5 Å². The first-order valence-electron chi connectivity index (χ1n) is 8.74. The maximum absolute atomic E-state index is 12.3. The van der Waals surface area contributed by atoms with Crippen molar-refractivity contribution in [3.8, 4) is 0 Å². The predicted molar refractivity (Wildman–Crippen MR) is 111 cm³/mol. The van der Waals surface area contributed by atoms with Crippen molar-refractivity contribution in [2.75, 3.05) is 16.3 Å². The monoisotopic (exact) mass is 424 g/mol. The standard InChI is InChI=1S/C18H16N8O5/c1-11-4-2-3-5-14(11)18(27)24-23-17-15(26(30)31)16(19-10-20-17)22-21-12-6-8-13(9-7-12)25(28)29/h2-10,21H,1H3,(H,24,27)(H2,19,20,22,23). The maximum Gasteiger partial charge on any atom is 0.356 e. The molecule has 0 bridgehead atoms. The molecular weight excluding hydrogens is 408 g/mol. The number of hydrogen-bond acceptors (Lipinski definition) is 10. The lowest BCUT2D eigenvalue weighted by atomic mass is 10.1. The number of rotatable bonds is 8. The van der Waals surface area contributed by atoms with E-state index in [1.54, 1.807) is 31.2 Å². The third-order valence-electron chi connectivity index (χ3n) is 4.09. The first-order valence-corrected chi connectivity index (χ1v) is 8.74. The van der Waals surface area contributed by atoms with Gasteiger partial charge in [-0.05, 0) is 30.7 Å². The Labute approximate surface area is 174 Å². The topological polar surface area (TPSA) is 177 Å². The summed E-state index contributed by atoms with van der Waals surface area (Å²) >= 11 is 0. The van der Waals surface area contributed by atoms with Crippen molar-refractivity contribution >= 4 is 34.6 Å². The van der Waals surface area contributed by atoms with Crippen LogP contribution in [-0.4, -0.2) is 25.7 Å². The molecule has 0 aliphatic heterocycles. The van der Waals surface area contributed by atoms with Gasteiger partial charge in [-0.15, -0.1) is 0 Å². The fourth-order valence-electron chi connectivity index (χ4n) is 2.54. The molecule has 0 unspecified atom stereocenters. The van der Waals surface area contributed by atoms with Gasteiger partial charge in [-0.1, -0.05) is 18.2 Å². The third kappa shape index (κ3) is 4.97. The lowest BCUT2D eigenvalue weighted by Gasteiger charge is -2.12. The van der Waals surface area contributed by atoms with Gasteiger partial charge in [0.2, 0.25) is 11.6 Å². The molecule has 0 radical (unpaired) electrons. The van der Waals surface area contributed by atoms with E-state index in [1.807, 2.05) is 0 Å². The smallest absolute Gasteiger partial charge is 0.299 e. The minimum atomic E-state index is -0.720. The van der Waals surface area contributed by atoms with Crippen LogP contribution in [0.3, 0.4) is 0 Å². The van der Waals surface area contributed by atoms with Crippen LogP contribution >= 0.6 is 0 Å². The van der Waals surface area contributed by atoms with E-state index in [0.717, 1.165) is 11.9 Å². The summed E-state index contributed by atoms with van der Waals surface area (Å²) in [5, 5.41) is 22.3. The summed E-state index contributed by atoms with van der Waals surface area (Å²) in [7, 11) is 0. The first kappa shape index (κ1) is 20.9. The Bertz CT molecular complexity index is 1140. The Morgan fingerprint density at radius 2 is 1.52 bits per heavy atom. The van der Waals surface area contributed by atoms with Crippen LogP contribution < -0.4 is 21.7 Å². The number of benzene rings is 2. The van der Waals surface area contributed by atoms with Crippen molar-refractivity contribution in [3.63, 3.8) is 0 Å². The largest absolute Gasteiger partial charge is 0.356 e. The lowest BCUT2D eigenvalue weighted by molar-refractivity contribution is -0.384. The maximum atomic E-state index is 12.3. The Hall–Kier alpha value is -4.81. The van der Waals surface area contributed by atoms with E-state index in [1.165, 1.54) is 24.3 Å². The number of amides is 1. The van der Waals surface area contributed by atoms with E-state index in [2.05, 4.69) is 31.7 Å². The Kier molecular flexibility index (Phi) is 6.16. The van der Waals surface area contributed by atoms with Gasteiger partial charge in [-0.25, -0.2) is 9.97 Å². The Morgan fingerprint density at radius 1 is 0.871 bits per heavy atom. The van der Waals surface area contributed by atoms with E-state index in [0.29, 0.717) is 11.3 Å². The van der Waals surface area contributed by atoms with Gasteiger partial charge in [0.25, 0.3) is 11.6 Å². The highest BCUT2D eigenvalue weighted by atomic mass is 16.6. The Balaban J connectivity index is 1.74. The number of nitro groups is 2. The lowest BCUT2D eigenvalue weighted by Crippen LogP contribution is -2.31. The van der Waals surface area contributed by atoms with E-state index < -0.39 is 21.4 Å². The van der Waals surface area contributed by atoms with E-state index in [-0.39, 0.29) is 17.3 Å². The fraction of sp³-hybridized carbons (Fsp3) is 0.0556. The minimum Gasteiger partial charge on any atom is -0.299 e. The van der Waals surface area contributed by atoms with Crippen molar-refractivity contribution in [1.29, 1.82) is 0 Å². The van der Waals surface area contributed by atoms with Crippen LogP contribution in [0.25, 0.3) is 0 Å². The summed E-state index contributed by atoms with van der Waals surface area (Å²) in [6, 6.07) is 12.2. The summed E-state index contributed by atoms with van der Waals surface area (Å²) in [6.07, 6.45) is 1.06. The molecule has 0 aliphatic rings. The quantitative estimate of drug-likeness (QED) is 0.310. The highest BCUT2D eigenvalue weighted by Gasteiger charge is 2.23. The van der Waals surface area contributed by atoms with Crippen LogP contribution in [0.2, 0.25) is 0 Å². The number of hydrazine groups is 2. The fourth-order valence-corrected chi connectivity index (χ4v) is 2.54. The summed E-state index contributed by atoms with van der Waals surface area (Å²) in [5.74, 6) is -0.926. The normalized spacial score (nSPS) is 10.1. The molecule has 0 saturated heterocycles. The molecular formula is C18H16N8O5. The van der Waals surface area contributed by atoms with E-state index in [9.17, 15) is 25.0 Å². The van der Waals surface area contributed by atoms with Crippen LogP contribution in [0.1, 0.15) is 15.9 Å². The van der Waals surface area contributed by atoms with Crippen LogP contribution in [0.15, 0.2) is 54.9 Å². The zero-order valence-electron chi connectivity index (χ0n) is 16.0. The minimum absolute atomic E-state index is 0.102. The number of nitro benzene ring substituents is 1. The molecule has 0 aliphatic carbocycles. The molecule has 0 spiro atoms. The molecule has 0 fully saturated rings. The zero-order valence-corrected chi connectivity index (χ0v) is 16.0. The zero-order chi connectivity index (χ0) is 22.4. The second-order valence-corrected chi connectivity index (χ2v) is 6.12. The van der Waals surface area contributed by atoms with Crippen molar-refractivity contribution < 1.29 is 14.6 Å². The molecule has 4 N–H and O–H groups in total. The predicted octanol–water partition coefficient (Wildman–Crippen LogP) is 2.80. The van der Waals surface area contributed by atoms with E-state index in [4.69, 9.17) is 0 Å². The summed E-state index contributed by atoms with van der Waals surface area (Å²) in [5.41, 5.74) is 10.9. The van der Waals surface area contributed by atoms with Crippen molar-refractivity contribution in [2.45, 2.75) is 6.92 Å². The number of nitrogens with one attached hydrogen (secondary N) is 4. The third-order valence-corrected chi connectivity index (χ3v) is 4.09. The van der Waals surface area contributed by atoms with Gasteiger partial charge in [0, 0.05) is 17.7 Å². The molecule has 1 aromatic heterocycles. The second kappa shape index (κ2) is 9.13. The van der Waals surface area contributed by atoms with Crippen LogP contribution in [-0.2, 0) is 0 Å². The molecule has 1 heterocycles. The summed E-state index contributed by atoms with van der Waals surface area (Å²) in [6.45, 7) is 1.76. The molecule has 13 nitrogen and oxygen atoms in total. The molecule has 3 rings (SSSR count). The van der Waals surface area contributed by atoms with E-state index >= 15 is 0 Å². The average molecular weight is 424 g/mol. The van der Waals surface area contributed by atoms with Crippen molar-refractivity contribution in [2.24, 2.45) is 0 Å². The molecule has 0 saturated carbocycles. The molecule has 3 aromatic rings. The number of anilines is 3. The molecule has 0 atom stereocenters. The number of non-ortho nitro benzene ring substituents is 1. The van der Waals surface area contributed by atoms with Crippen LogP contribution in [0.5, 0.6) is 0 Å². The molecule has 1 amide bonds. The molecule has 13 heteroatoms. The van der Waals surface area contributed by atoms with Gasteiger partial charge >= 0.3 is 5.69 Å². The number of hydrogen-bond donors (Lipinski definition) is 4. The average Bonchev–Trinajstić information content (AvgIpc) is 2.76. The summed E-state index contributed by atoms with van der Waals surface area (Å²) in [4.78, 5) is 41.0. The number of aromatic nitrogens is 2. The molecule has 158 valence electrons. The number of carbonyl (C=O) groups excluding carboxylic acids is 1. The Morgan fingerprint density at radius 3 is 2.13 bits per heavy atom. The highest BCUT2D eigenvalue weighted by Crippen LogP contribution is 2.28. The van der Waals surface area contributed by atoms with Gasteiger partial charge < -0.3 is 0 Å². The molecule has 2 aromatic carbocycles. The van der Waals surface area contributed by atoms with Gasteiger partial charge in [0.15, 0.2) is 0 Å². The molecule has 31 heavy (non-hydrogen) atoms. The van der Waals surface area contributed by atoms with Crippen molar-refractivity contribution in [3.05, 3.63) is 86.2 Å². The highest BCUT2D eigenvalue weighted by molar-refractivity contribution is 5.96. The SMILES string of the molecule is Cc1ccccc1C(=O)NNc1ncnc(NNc2ccc([N+](=O)[O-])cc2)c1[N+](=O)[O-]. The number of carbonyl (C=O) groups is 1. The summed E-state index contributed by atoms with van der Waals surface area (Å²) < 4.78 is 0. The van der Waals surface area contributed by atoms with Gasteiger partial charge in [-0.2, -0.15) is 0 Å². The van der Waals surface area contributed by atoms with Gasteiger partial charge in [0.1, 0.15) is 6.33 Å². The second-order valence-electron chi connectivity index (χ2n) is 6.12. The van der Waals surface area contributed by atoms with Gasteiger partial charge in [-0.3, -0.25) is 46.7 Å². The first-order chi connectivity index (χ1) is 14.9. The number of aryl methyl sites for hydroxylation is 1. The van der Waals surface area contributed by atoms with Crippen LogP contribution in [0.4, 0.5) is 28.7 Å². The van der Waals surface area contributed by atoms with Crippen molar-refractivity contribution in [1.82, 2.24) is 15.4 Å². The number of nitrogens with zero attached hydrogens (tertiary/aromatic N) is 4.